The molecule has 0 heterocycles. The molecule has 0 fully saturated rings. The van der Waals surface area contributed by atoms with Gasteiger partial charge in [0.25, 0.3) is 5.91 Å². The van der Waals surface area contributed by atoms with Crippen LogP contribution in [0.5, 0.6) is 0 Å². The van der Waals surface area contributed by atoms with Crippen molar-refractivity contribution in [3.63, 3.8) is 0 Å². The van der Waals surface area contributed by atoms with Gasteiger partial charge in [0.15, 0.2) is 0 Å². The number of carbonyl (C=O) groups excluding carboxylic acids is 1. The number of aliphatic hydroxyl groups excluding tert-OH is 1. The fourth-order valence-corrected chi connectivity index (χ4v) is 1.62. The van der Waals surface area contributed by atoms with Crippen LogP contribution >= 0.6 is 0 Å². The highest BCUT2D eigenvalue weighted by molar-refractivity contribution is 5.94. The lowest BCUT2D eigenvalue weighted by Gasteiger charge is -2.18. The normalized spacial score (nSPS) is 12.5. The van der Waals surface area contributed by atoms with Crippen LogP contribution in [0.1, 0.15) is 30.6 Å². The molecule has 1 atom stereocenters. The zero-order valence-corrected chi connectivity index (χ0v) is 10.1. The zero-order valence-electron chi connectivity index (χ0n) is 10.1. The largest absolute Gasteiger partial charge is 0.394 e. The summed E-state index contributed by atoms with van der Waals surface area (Å²) in [7, 11) is 0. The summed E-state index contributed by atoms with van der Waals surface area (Å²) in [5, 5.41) is 11.9. The topological polar surface area (TPSA) is 49.3 Å². The first-order chi connectivity index (χ1) is 8.02. The summed E-state index contributed by atoms with van der Waals surface area (Å²) < 4.78 is 12.7. The van der Waals surface area contributed by atoms with Crippen LogP contribution in [0.2, 0.25) is 0 Å². The van der Waals surface area contributed by atoms with E-state index in [4.69, 9.17) is 5.11 Å². The fraction of sp³-hybridized carbons (Fsp3) is 0.462. The quantitative estimate of drug-likeness (QED) is 0.825. The van der Waals surface area contributed by atoms with E-state index < -0.39 is 0 Å². The first-order valence-corrected chi connectivity index (χ1v) is 5.70. The number of amides is 1. The van der Waals surface area contributed by atoms with Crippen molar-refractivity contribution in [3.05, 3.63) is 35.6 Å². The lowest BCUT2D eigenvalue weighted by atomic mass is 10.0. The van der Waals surface area contributed by atoms with Gasteiger partial charge in [-0.3, -0.25) is 4.79 Å². The molecule has 1 amide bonds. The molecule has 0 saturated heterocycles. The summed E-state index contributed by atoms with van der Waals surface area (Å²) in [6.45, 7) is 3.95. The van der Waals surface area contributed by atoms with E-state index in [1.54, 1.807) is 0 Å². The van der Waals surface area contributed by atoms with Crippen molar-refractivity contribution < 1.29 is 14.3 Å². The molecule has 0 aliphatic carbocycles. The minimum absolute atomic E-state index is 0.0921. The van der Waals surface area contributed by atoms with Gasteiger partial charge in [-0.1, -0.05) is 13.8 Å². The standard InChI is InChI=1S/C13H18FNO2/c1-9(2)7-12(8-16)15-13(17)10-3-5-11(14)6-4-10/h3-6,9,12,16H,7-8H2,1-2H3,(H,15,17). The van der Waals surface area contributed by atoms with Gasteiger partial charge >= 0.3 is 0 Å². The van der Waals surface area contributed by atoms with Gasteiger partial charge in [0.1, 0.15) is 5.82 Å². The van der Waals surface area contributed by atoms with Gasteiger partial charge in [0, 0.05) is 5.56 Å². The van der Waals surface area contributed by atoms with Crippen molar-refractivity contribution in [1.29, 1.82) is 0 Å². The third-order valence-corrected chi connectivity index (χ3v) is 2.42. The average Bonchev–Trinajstić information content (AvgIpc) is 2.28. The van der Waals surface area contributed by atoms with Crippen molar-refractivity contribution in [1.82, 2.24) is 5.32 Å². The second-order valence-corrected chi connectivity index (χ2v) is 4.49. The van der Waals surface area contributed by atoms with E-state index >= 15 is 0 Å². The Morgan fingerprint density at radius 3 is 2.41 bits per heavy atom. The lowest BCUT2D eigenvalue weighted by Crippen LogP contribution is -2.38. The van der Waals surface area contributed by atoms with Gasteiger partial charge in [-0.15, -0.1) is 0 Å². The van der Waals surface area contributed by atoms with Crippen molar-refractivity contribution in [3.8, 4) is 0 Å². The van der Waals surface area contributed by atoms with Crippen LogP contribution in [0.3, 0.4) is 0 Å². The number of carbonyl (C=O) groups is 1. The number of hydrogen-bond acceptors (Lipinski definition) is 2. The Hall–Kier alpha value is -1.42. The number of halogens is 1. The maximum absolute atomic E-state index is 12.7. The van der Waals surface area contributed by atoms with Gasteiger partial charge in [-0.25, -0.2) is 4.39 Å². The minimum atomic E-state index is -0.373. The summed E-state index contributed by atoms with van der Waals surface area (Å²) in [6.07, 6.45) is 0.712. The lowest BCUT2D eigenvalue weighted by molar-refractivity contribution is 0.0908. The summed E-state index contributed by atoms with van der Waals surface area (Å²) in [5.41, 5.74) is 0.397. The predicted octanol–water partition coefficient (Wildman–Crippen LogP) is 1.96. The van der Waals surface area contributed by atoms with E-state index in [1.807, 2.05) is 13.8 Å². The van der Waals surface area contributed by atoms with E-state index in [9.17, 15) is 9.18 Å². The van der Waals surface area contributed by atoms with Crippen LogP contribution in [0, 0.1) is 11.7 Å². The van der Waals surface area contributed by atoms with Crippen LogP contribution in [0.15, 0.2) is 24.3 Å². The molecule has 4 heteroatoms. The van der Waals surface area contributed by atoms with Gasteiger partial charge in [0.2, 0.25) is 0 Å². The third kappa shape index (κ3) is 4.53. The van der Waals surface area contributed by atoms with Crippen LogP contribution in [-0.4, -0.2) is 23.7 Å². The SMILES string of the molecule is CC(C)CC(CO)NC(=O)c1ccc(F)cc1. The first kappa shape index (κ1) is 13.6. The molecule has 1 unspecified atom stereocenters. The van der Waals surface area contributed by atoms with Gasteiger partial charge in [-0.05, 0) is 36.6 Å². The van der Waals surface area contributed by atoms with E-state index in [0.29, 0.717) is 17.9 Å². The smallest absolute Gasteiger partial charge is 0.251 e. The van der Waals surface area contributed by atoms with E-state index in [1.165, 1.54) is 24.3 Å². The molecule has 0 spiro atoms. The Morgan fingerprint density at radius 2 is 1.94 bits per heavy atom. The molecule has 0 radical (unpaired) electrons. The molecule has 2 N–H and O–H groups in total. The maximum Gasteiger partial charge on any atom is 0.251 e. The second kappa shape index (κ2) is 6.35. The summed E-state index contributed by atoms with van der Waals surface area (Å²) >= 11 is 0. The second-order valence-electron chi connectivity index (χ2n) is 4.49. The van der Waals surface area contributed by atoms with Crippen molar-refractivity contribution >= 4 is 5.91 Å². The highest BCUT2D eigenvalue weighted by Crippen LogP contribution is 2.07. The Morgan fingerprint density at radius 1 is 1.35 bits per heavy atom. The highest BCUT2D eigenvalue weighted by atomic mass is 19.1. The monoisotopic (exact) mass is 239 g/mol. The zero-order chi connectivity index (χ0) is 12.8. The summed E-state index contributed by atoms with van der Waals surface area (Å²) in [6, 6.07) is 5.08. The number of hydrogen-bond donors (Lipinski definition) is 2. The summed E-state index contributed by atoms with van der Waals surface area (Å²) in [5.74, 6) is -0.271. The molecule has 1 aromatic rings. The molecule has 94 valence electrons. The van der Waals surface area contributed by atoms with Gasteiger partial charge in [0.05, 0.1) is 12.6 Å². The van der Waals surface area contributed by atoms with Crippen LogP contribution in [0.4, 0.5) is 4.39 Å². The summed E-state index contributed by atoms with van der Waals surface area (Å²) in [4.78, 5) is 11.8. The molecule has 3 nitrogen and oxygen atoms in total. The van der Waals surface area contributed by atoms with E-state index in [0.717, 1.165) is 0 Å². The average molecular weight is 239 g/mol. The third-order valence-electron chi connectivity index (χ3n) is 2.42. The van der Waals surface area contributed by atoms with E-state index in [-0.39, 0.29) is 24.4 Å². The Balaban J connectivity index is 2.61. The molecule has 0 aromatic heterocycles. The first-order valence-electron chi connectivity index (χ1n) is 5.70. The molecular formula is C13H18FNO2. The fourth-order valence-electron chi connectivity index (χ4n) is 1.62. The van der Waals surface area contributed by atoms with Gasteiger partial charge in [-0.2, -0.15) is 0 Å². The highest BCUT2D eigenvalue weighted by Gasteiger charge is 2.14. The van der Waals surface area contributed by atoms with Crippen molar-refractivity contribution in [2.45, 2.75) is 26.3 Å². The number of benzene rings is 1. The Bertz CT molecular complexity index is 362. The maximum atomic E-state index is 12.7. The number of aliphatic hydroxyl groups is 1. The molecule has 0 saturated carbocycles. The molecule has 0 aliphatic rings. The molecule has 1 aromatic carbocycles. The number of rotatable bonds is 5. The van der Waals surface area contributed by atoms with Crippen LogP contribution in [-0.2, 0) is 0 Å². The van der Waals surface area contributed by atoms with Crippen LogP contribution < -0.4 is 5.32 Å². The van der Waals surface area contributed by atoms with Crippen molar-refractivity contribution in [2.75, 3.05) is 6.61 Å². The molecule has 17 heavy (non-hydrogen) atoms. The molecule has 0 bridgehead atoms. The molecular weight excluding hydrogens is 221 g/mol. The van der Waals surface area contributed by atoms with Crippen LogP contribution in [0.25, 0.3) is 0 Å². The molecule has 0 aliphatic heterocycles. The molecule has 1 rings (SSSR count). The minimum Gasteiger partial charge on any atom is -0.394 e. The Kier molecular flexibility index (Phi) is 5.10. The van der Waals surface area contributed by atoms with E-state index in [2.05, 4.69) is 5.32 Å². The van der Waals surface area contributed by atoms with Gasteiger partial charge < -0.3 is 10.4 Å². The van der Waals surface area contributed by atoms with Crippen molar-refractivity contribution in [2.24, 2.45) is 5.92 Å². The predicted molar refractivity (Wildman–Crippen MR) is 64.2 cm³/mol. The number of nitrogens with one attached hydrogen (secondary N) is 1. The Labute approximate surface area is 101 Å².